The van der Waals surface area contributed by atoms with Crippen LogP contribution in [0.1, 0.15) is 30.5 Å². The molecule has 0 aliphatic heterocycles. The molecule has 0 atom stereocenters. The second-order valence-electron chi connectivity index (χ2n) is 7.88. The molecule has 3 rings (SSSR count). The zero-order chi connectivity index (χ0) is 21.5. The standard InChI is InChI=1S/C26H30O3S/c1-25(2,24(28)30-19-18-27)20-29-26(21-12-6-3-7-13-21,22-14-8-4-9-15-22)23-16-10-5-11-17-23/h3-17,27-28,30H,18-20H2,1-2H3. The summed E-state index contributed by atoms with van der Waals surface area (Å²) in [6.07, 6.45) is 0. The first-order valence-electron chi connectivity index (χ1n) is 10.2. The van der Waals surface area contributed by atoms with Crippen molar-refractivity contribution in [2.45, 2.75) is 19.4 Å². The largest absolute Gasteiger partial charge is 0.396 e. The third-order valence-electron chi connectivity index (χ3n) is 5.16. The van der Waals surface area contributed by atoms with Gasteiger partial charge in [-0.05, 0) is 16.7 Å². The summed E-state index contributed by atoms with van der Waals surface area (Å²) >= 11 is 0.728. The molecule has 0 fully saturated rings. The van der Waals surface area contributed by atoms with E-state index in [1.165, 1.54) is 0 Å². The summed E-state index contributed by atoms with van der Waals surface area (Å²) in [6, 6.07) is 30.6. The Morgan fingerprint density at radius 1 is 0.767 bits per heavy atom. The fraction of sp³-hybridized carbons (Fsp3) is 0.269. The lowest BCUT2D eigenvalue weighted by Gasteiger charge is -2.38. The van der Waals surface area contributed by atoms with E-state index in [0.29, 0.717) is 17.4 Å². The van der Waals surface area contributed by atoms with E-state index in [9.17, 15) is 5.11 Å². The van der Waals surface area contributed by atoms with Gasteiger partial charge in [-0.2, -0.15) is 11.4 Å². The van der Waals surface area contributed by atoms with E-state index in [4.69, 9.17) is 9.84 Å². The Balaban J connectivity index is 2.12. The number of aliphatic hydroxyl groups is 2. The summed E-state index contributed by atoms with van der Waals surface area (Å²) in [5, 5.41) is 20.1. The minimum Gasteiger partial charge on any atom is -0.396 e. The molecule has 0 amide bonds. The van der Waals surface area contributed by atoms with Crippen molar-refractivity contribution in [1.82, 2.24) is 0 Å². The molecule has 0 bridgehead atoms. The summed E-state index contributed by atoms with van der Waals surface area (Å²) in [4.78, 5) is 0. The highest BCUT2D eigenvalue weighted by atomic mass is 32.1. The fourth-order valence-corrected chi connectivity index (χ4v) is 4.30. The zero-order valence-electron chi connectivity index (χ0n) is 17.5. The Morgan fingerprint density at radius 2 is 1.17 bits per heavy atom. The SMILES string of the molecule is CC(C)(COC(c1ccccc1)(c1ccccc1)c1ccccc1)C(O)=[SH]CCO. The third kappa shape index (κ3) is 4.90. The van der Waals surface area contributed by atoms with Gasteiger partial charge in [0.15, 0.2) is 0 Å². The van der Waals surface area contributed by atoms with Gasteiger partial charge in [-0.15, -0.1) is 0 Å². The number of hydrogen-bond acceptors (Lipinski definition) is 2. The lowest BCUT2D eigenvalue weighted by Crippen LogP contribution is -2.38. The van der Waals surface area contributed by atoms with Gasteiger partial charge in [0, 0.05) is 11.2 Å². The lowest BCUT2D eigenvalue weighted by atomic mass is 9.79. The summed E-state index contributed by atoms with van der Waals surface area (Å²) in [6.45, 7) is 4.30. The highest BCUT2D eigenvalue weighted by molar-refractivity contribution is 7.98. The molecule has 0 aliphatic rings. The number of aliphatic hydroxyl groups excluding tert-OH is 2. The van der Waals surface area contributed by atoms with Gasteiger partial charge < -0.3 is 14.9 Å². The maximum Gasteiger partial charge on any atom is 0.143 e. The van der Waals surface area contributed by atoms with E-state index in [2.05, 4.69) is 36.4 Å². The van der Waals surface area contributed by atoms with E-state index < -0.39 is 11.0 Å². The topological polar surface area (TPSA) is 49.7 Å². The summed E-state index contributed by atoms with van der Waals surface area (Å²) in [5.74, 6) is 0.510. The molecule has 0 aromatic heterocycles. The van der Waals surface area contributed by atoms with Crippen molar-refractivity contribution in [1.29, 1.82) is 0 Å². The van der Waals surface area contributed by atoms with Gasteiger partial charge in [0.25, 0.3) is 0 Å². The number of thiol groups is 1. The van der Waals surface area contributed by atoms with E-state index >= 15 is 0 Å². The minimum atomic E-state index is -0.810. The molecule has 0 radical (unpaired) electrons. The van der Waals surface area contributed by atoms with Crippen LogP contribution in [0.4, 0.5) is 0 Å². The average Bonchev–Trinajstić information content (AvgIpc) is 2.80. The van der Waals surface area contributed by atoms with Crippen molar-refractivity contribution in [3.63, 3.8) is 0 Å². The molecule has 0 aliphatic carbocycles. The van der Waals surface area contributed by atoms with Gasteiger partial charge >= 0.3 is 0 Å². The number of hydrogen-bond donors (Lipinski definition) is 3. The van der Waals surface area contributed by atoms with Crippen molar-refractivity contribution in [3.8, 4) is 0 Å². The van der Waals surface area contributed by atoms with E-state index in [1.54, 1.807) is 0 Å². The molecule has 0 saturated carbocycles. The molecule has 4 heteroatoms. The fourth-order valence-electron chi connectivity index (χ4n) is 3.49. The predicted molar refractivity (Wildman–Crippen MR) is 128 cm³/mol. The van der Waals surface area contributed by atoms with E-state index in [1.807, 2.05) is 68.4 Å². The van der Waals surface area contributed by atoms with E-state index in [0.717, 1.165) is 28.0 Å². The van der Waals surface area contributed by atoms with Crippen LogP contribution in [0.3, 0.4) is 0 Å². The van der Waals surface area contributed by atoms with Crippen LogP contribution in [0, 0.1) is 5.41 Å². The number of ether oxygens (including phenoxy) is 1. The van der Waals surface area contributed by atoms with Crippen molar-refractivity contribution in [2.75, 3.05) is 19.0 Å². The van der Waals surface area contributed by atoms with Crippen LogP contribution >= 0.6 is 11.4 Å². The smallest absolute Gasteiger partial charge is 0.143 e. The predicted octanol–water partition coefficient (Wildman–Crippen LogP) is 5.17. The Bertz CT molecular complexity index is 841. The molecule has 0 saturated heterocycles. The number of benzene rings is 3. The Kier molecular flexibility index (Phi) is 7.62. The van der Waals surface area contributed by atoms with Gasteiger partial charge in [0.1, 0.15) is 5.60 Å². The lowest BCUT2D eigenvalue weighted by molar-refractivity contribution is -0.0164. The number of rotatable bonds is 9. The molecule has 158 valence electrons. The maximum absolute atomic E-state index is 10.6. The Labute approximate surface area is 182 Å². The highest BCUT2D eigenvalue weighted by Gasteiger charge is 2.39. The van der Waals surface area contributed by atoms with Gasteiger partial charge in [0.2, 0.25) is 0 Å². The first-order valence-corrected chi connectivity index (χ1v) is 11.2. The molecule has 3 nitrogen and oxygen atoms in total. The molecular weight excluding hydrogens is 392 g/mol. The van der Waals surface area contributed by atoms with E-state index in [-0.39, 0.29) is 6.61 Å². The molecule has 3 aromatic carbocycles. The normalized spacial score (nSPS) is 13.0. The van der Waals surface area contributed by atoms with Crippen LogP contribution in [0.2, 0.25) is 0 Å². The van der Waals surface area contributed by atoms with Crippen molar-refractivity contribution in [3.05, 3.63) is 108 Å². The second kappa shape index (κ2) is 10.2. The molecular formula is C26H30O3S. The monoisotopic (exact) mass is 422 g/mol. The Morgan fingerprint density at radius 3 is 1.53 bits per heavy atom. The quantitative estimate of drug-likeness (QED) is 0.253. The minimum absolute atomic E-state index is 0.0462. The second-order valence-corrected chi connectivity index (χ2v) is 9.07. The summed E-state index contributed by atoms with van der Waals surface area (Å²) < 4.78 is 6.81. The Hall–Kier alpha value is -2.24. The van der Waals surface area contributed by atoms with Crippen molar-refractivity contribution >= 4 is 16.4 Å². The highest BCUT2D eigenvalue weighted by Crippen LogP contribution is 2.41. The van der Waals surface area contributed by atoms with Gasteiger partial charge in [-0.1, -0.05) is 105 Å². The van der Waals surface area contributed by atoms with Crippen LogP contribution in [0.25, 0.3) is 0 Å². The molecule has 0 unspecified atom stereocenters. The van der Waals surface area contributed by atoms with Crippen LogP contribution in [-0.4, -0.2) is 34.2 Å². The van der Waals surface area contributed by atoms with Crippen LogP contribution < -0.4 is 0 Å². The van der Waals surface area contributed by atoms with Crippen LogP contribution in [0.15, 0.2) is 91.0 Å². The average molecular weight is 423 g/mol. The molecule has 30 heavy (non-hydrogen) atoms. The van der Waals surface area contributed by atoms with Gasteiger partial charge in [-0.25, -0.2) is 0 Å². The third-order valence-corrected chi connectivity index (χ3v) is 6.49. The zero-order valence-corrected chi connectivity index (χ0v) is 18.4. The molecule has 3 aromatic rings. The van der Waals surface area contributed by atoms with Crippen LogP contribution in [0.5, 0.6) is 0 Å². The van der Waals surface area contributed by atoms with Crippen molar-refractivity contribution in [2.24, 2.45) is 5.41 Å². The molecule has 0 heterocycles. The van der Waals surface area contributed by atoms with Gasteiger partial charge in [-0.3, -0.25) is 0 Å². The summed E-state index contributed by atoms with van der Waals surface area (Å²) in [7, 11) is 0. The summed E-state index contributed by atoms with van der Waals surface area (Å²) in [5.41, 5.74) is 1.72. The van der Waals surface area contributed by atoms with Crippen LogP contribution in [-0.2, 0) is 10.3 Å². The first kappa shape index (κ1) is 22.4. The molecule has 2 N–H and O–H groups in total. The molecule has 0 spiro atoms. The van der Waals surface area contributed by atoms with Crippen molar-refractivity contribution < 1.29 is 14.9 Å². The maximum atomic E-state index is 10.6. The first-order chi connectivity index (χ1) is 14.5. The van der Waals surface area contributed by atoms with Gasteiger partial charge in [0.05, 0.1) is 18.3 Å².